The summed E-state index contributed by atoms with van der Waals surface area (Å²) in [5, 5.41) is 3.15. The van der Waals surface area contributed by atoms with Crippen molar-refractivity contribution >= 4 is 11.8 Å². The second-order valence-electron chi connectivity index (χ2n) is 3.65. The van der Waals surface area contributed by atoms with Crippen molar-refractivity contribution in [3.05, 3.63) is 29.8 Å². The van der Waals surface area contributed by atoms with Crippen molar-refractivity contribution < 1.29 is 0 Å². The lowest BCUT2D eigenvalue weighted by atomic mass is 10.2. The van der Waals surface area contributed by atoms with Crippen LogP contribution < -0.4 is 0 Å². The number of hydrogen-bond donors (Lipinski definition) is 0. The van der Waals surface area contributed by atoms with Crippen LogP contribution in [0.5, 0.6) is 0 Å². The van der Waals surface area contributed by atoms with Gasteiger partial charge in [-0.3, -0.25) is 0 Å². The van der Waals surface area contributed by atoms with Crippen LogP contribution in [0.3, 0.4) is 0 Å². The summed E-state index contributed by atoms with van der Waals surface area (Å²) in [6.45, 7) is 4.32. The van der Waals surface area contributed by atoms with Gasteiger partial charge < -0.3 is 0 Å². The standard InChI is InChI=1S/C14H18S/c1-3-4-5-6-7-12-15-14-10-8-13(2)9-11-14/h8-11H,3-6H2,1-2H3. The molecule has 15 heavy (non-hydrogen) atoms. The maximum Gasteiger partial charge on any atom is 0.0203 e. The highest BCUT2D eigenvalue weighted by Crippen LogP contribution is 2.16. The molecule has 1 rings (SSSR count). The molecule has 0 atom stereocenters. The zero-order chi connectivity index (χ0) is 10.9. The molecule has 0 saturated heterocycles. The Labute approximate surface area is 97.5 Å². The molecule has 0 aliphatic rings. The lowest BCUT2D eigenvalue weighted by molar-refractivity contribution is 0.737. The second-order valence-corrected chi connectivity index (χ2v) is 4.53. The Hall–Kier alpha value is -0.870. The molecule has 1 aromatic carbocycles. The molecule has 0 bridgehead atoms. The van der Waals surface area contributed by atoms with Gasteiger partial charge in [-0.25, -0.2) is 0 Å². The van der Waals surface area contributed by atoms with E-state index in [0.717, 1.165) is 6.42 Å². The number of unbranched alkanes of at least 4 members (excludes halogenated alkanes) is 3. The Morgan fingerprint density at radius 2 is 1.87 bits per heavy atom. The monoisotopic (exact) mass is 218 g/mol. The lowest BCUT2D eigenvalue weighted by Gasteiger charge is -1.94. The summed E-state index contributed by atoms with van der Waals surface area (Å²) in [5.74, 6) is 3.20. The Morgan fingerprint density at radius 3 is 2.53 bits per heavy atom. The van der Waals surface area contributed by atoms with E-state index in [1.54, 1.807) is 11.8 Å². The fourth-order valence-corrected chi connectivity index (χ4v) is 1.78. The third-order valence-electron chi connectivity index (χ3n) is 2.17. The van der Waals surface area contributed by atoms with Gasteiger partial charge in [-0.15, -0.1) is 0 Å². The third-order valence-corrected chi connectivity index (χ3v) is 2.92. The molecule has 0 aliphatic carbocycles. The van der Waals surface area contributed by atoms with Crippen molar-refractivity contribution in [1.29, 1.82) is 0 Å². The van der Waals surface area contributed by atoms with Crippen LogP contribution in [-0.4, -0.2) is 0 Å². The number of rotatable bonds is 4. The minimum absolute atomic E-state index is 1.03. The van der Waals surface area contributed by atoms with Gasteiger partial charge in [-0.1, -0.05) is 43.4 Å². The summed E-state index contributed by atoms with van der Waals surface area (Å²) < 4.78 is 0. The summed E-state index contributed by atoms with van der Waals surface area (Å²) in [6, 6.07) is 8.50. The molecule has 0 unspecified atom stereocenters. The zero-order valence-corrected chi connectivity index (χ0v) is 10.4. The Kier molecular flexibility index (Phi) is 6.04. The van der Waals surface area contributed by atoms with Gasteiger partial charge in [0.25, 0.3) is 0 Å². The molecule has 1 heteroatoms. The molecule has 0 amide bonds. The van der Waals surface area contributed by atoms with E-state index in [4.69, 9.17) is 0 Å². The minimum Gasteiger partial charge on any atom is -0.0909 e. The van der Waals surface area contributed by atoms with Gasteiger partial charge in [-0.2, -0.15) is 0 Å². The Morgan fingerprint density at radius 1 is 1.13 bits per heavy atom. The van der Waals surface area contributed by atoms with Crippen molar-refractivity contribution in [3.8, 4) is 11.2 Å². The first kappa shape index (κ1) is 12.2. The first-order chi connectivity index (χ1) is 7.33. The minimum atomic E-state index is 1.03. The largest absolute Gasteiger partial charge is 0.0909 e. The van der Waals surface area contributed by atoms with E-state index >= 15 is 0 Å². The van der Waals surface area contributed by atoms with Crippen molar-refractivity contribution in [2.45, 2.75) is 44.4 Å². The summed E-state index contributed by atoms with van der Waals surface area (Å²) >= 11 is 1.63. The van der Waals surface area contributed by atoms with Crippen LogP contribution in [-0.2, 0) is 0 Å². The third kappa shape index (κ3) is 5.54. The average molecular weight is 218 g/mol. The van der Waals surface area contributed by atoms with Crippen LogP contribution in [0.2, 0.25) is 0 Å². The van der Waals surface area contributed by atoms with Crippen molar-refractivity contribution in [2.75, 3.05) is 0 Å². The molecule has 0 fully saturated rings. The predicted molar refractivity (Wildman–Crippen MR) is 69.0 cm³/mol. The van der Waals surface area contributed by atoms with Crippen LogP contribution in [0, 0.1) is 18.1 Å². The van der Waals surface area contributed by atoms with Crippen molar-refractivity contribution in [3.63, 3.8) is 0 Å². The highest BCUT2D eigenvalue weighted by atomic mass is 32.2. The van der Waals surface area contributed by atoms with E-state index in [-0.39, 0.29) is 0 Å². The molecule has 0 radical (unpaired) electrons. The van der Waals surface area contributed by atoms with Gasteiger partial charge in [-0.05, 0) is 42.5 Å². The molecule has 0 aromatic heterocycles. The number of benzene rings is 1. The highest BCUT2D eigenvalue weighted by Gasteiger charge is 1.89. The highest BCUT2D eigenvalue weighted by molar-refractivity contribution is 8.03. The summed E-state index contributed by atoms with van der Waals surface area (Å²) in [7, 11) is 0. The molecule has 1 aromatic rings. The molecule has 0 N–H and O–H groups in total. The summed E-state index contributed by atoms with van der Waals surface area (Å²) in [5.41, 5.74) is 1.30. The molecule has 0 heterocycles. The van der Waals surface area contributed by atoms with Crippen LogP contribution in [0.25, 0.3) is 0 Å². The van der Waals surface area contributed by atoms with Crippen LogP contribution in [0.4, 0.5) is 0 Å². The quantitative estimate of drug-likeness (QED) is 0.403. The molecule has 0 spiro atoms. The van der Waals surface area contributed by atoms with E-state index < -0.39 is 0 Å². The molecule has 0 saturated carbocycles. The molecular formula is C14H18S. The van der Waals surface area contributed by atoms with E-state index in [1.165, 1.54) is 29.7 Å². The summed E-state index contributed by atoms with van der Waals surface area (Å²) in [4.78, 5) is 1.24. The normalized spacial score (nSPS) is 9.47. The van der Waals surface area contributed by atoms with Gasteiger partial charge in [0, 0.05) is 11.3 Å². The smallest absolute Gasteiger partial charge is 0.0203 e. The first-order valence-electron chi connectivity index (χ1n) is 5.54. The average Bonchev–Trinajstić information content (AvgIpc) is 2.26. The van der Waals surface area contributed by atoms with Gasteiger partial charge in [0.05, 0.1) is 0 Å². The van der Waals surface area contributed by atoms with Crippen molar-refractivity contribution in [1.82, 2.24) is 0 Å². The maximum absolute atomic E-state index is 3.20. The topological polar surface area (TPSA) is 0 Å². The van der Waals surface area contributed by atoms with Crippen LogP contribution in [0.15, 0.2) is 29.2 Å². The summed E-state index contributed by atoms with van der Waals surface area (Å²) in [6.07, 6.45) is 4.83. The fourth-order valence-electron chi connectivity index (χ4n) is 1.22. The second kappa shape index (κ2) is 7.43. The number of aryl methyl sites for hydroxylation is 1. The molecule has 80 valence electrons. The Bertz CT molecular complexity index is 327. The Balaban J connectivity index is 2.27. The van der Waals surface area contributed by atoms with E-state index in [9.17, 15) is 0 Å². The van der Waals surface area contributed by atoms with Crippen LogP contribution >= 0.6 is 11.8 Å². The van der Waals surface area contributed by atoms with Gasteiger partial charge >= 0.3 is 0 Å². The van der Waals surface area contributed by atoms with Gasteiger partial charge in [0.2, 0.25) is 0 Å². The number of hydrogen-bond acceptors (Lipinski definition) is 1. The van der Waals surface area contributed by atoms with Gasteiger partial charge in [0.15, 0.2) is 0 Å². The predicted octanol–water partition coefficient (Wildman–Crippen LogP) is 4.63. The maximum atomic E-state index is 3.20. The van der Waals surface area contributed by atoms with Crippen molar-refractivity contribution in [2.24, 2.45) is 0 Å². The van der Waals surface area contributed by atoms with Gasteiger partial charge in [0.1, 0.15) is 0 Å². The van der Waals surface area contributed by atoms with E-state index in [0.29, 0.717) is 0 Å². The molecule has 0 nitrogen and oxygen atoms in total. The molecule has 0 aliphatic heterocycles. The SMILES string of the molecule is CCCCCC#CSc1ccc(C)cc1. The van der Waals surface area contributed by atoms with E-state index in [1.807, 2.05) is 0 Å². The zero-order valence-electron chi connectivity index (χ0n) is 9.55. The van der Waals surface area contributed by atoms with E-state index in [2.05, 4.69) is 49.3 Å². The lowest BCUT2D eigenvalue weighted by Crippen LogP contribution is -1.72. The first-order valence-corrected chi connectivity index (χ1v) is 6.36. The fraction of sp³-hybridized carbons (Fsp3) is 0.429. The van der Waals surface area contributed by atoms with Crippen LogP contribution in [0.1, 0.15) is 38.2 Å². The number of thioether (sulfide) groups is 1. The molecular weight excluding hydrogens is 200 g/mol.